The molecule has 0 aromatic heterocycles. The maximum atomic E-state index is 12.0. The Morgan fingerprint density at radius 1 is 1.47 bits per heavy atom. The zero-order valence-electron chi connectivity index (χ0n) is 10.1. The van der Waals surface area contributed by atoms with Crippen LogP contribution in [0.4, 0.5) is 13.2 Å². The molecule has 4 nitrogen and oxygen atoms in total. The third kappa shape index (κ3) is 3.04. The van der Waals surface area contributed by atoms with Crippen LogP contribution in [0.25, 0.3) is 11.3 Å². The van der Waals surface area contributed by atoms with Crippen LogP contribution in [0.15, 0.2) is 29.2 Å². The van der Waals surface area contributed by atoms with Crippen molar-refractivity contribution in [3.05, 3.63) is 30.4 Å². The molecule has 0 aromatic rings. The van der Waals surface area contributed by atoms with Gasteiger partial charge in [0.15, 0.2) is 6.20 Å². The molecule has 19 heavy (non-hydrogen) atoms. The van der Waals surface area contributed by atoms with Crippen molar-refractivity contribution in [2.24, 2.45) is 7.05 Å². The van der Waals surface area contributed by atoms with E-state index in [0.29, 0.717) is 11.1 Å². The number of hydrogen-bond acceptors (Lipinski definition) is 2. The molecule has 0 saturated heterocycles. The van der Waals surface area contributed by atoms with E-state index in [1.807, 2.05) is 0 Å². The Bertz CT molecular complexity index is 563. The molecule has 2 aliphatic heterocycles. The Kier molecular flexibility index (Phi) is 3.46. The van der Waals surface area contributed by atoms with E-state index in [4.69, 9.17) is 4.42 Å². The number of rotatable bonds is 3. The number of halogens is 3. The van der Waals surface area contributed by atoms with Crippen LogP contribution in [-0.2, 0) is 7.05 Å². The van der Waals surface area contributed by atoms with Crippen molar-refractivity contribution < 1.29 is 27.0 Å². The molecular weight excluding hydrogens is 261 g/mol. The lowest BCUT2D eigenvalue weighted by Crippen LogP contribution is -2.29. The third-order valence-corrected chi connectivity index (χ3v) is 2.70. The van der Waals surface area contributed by atoms with Gasteiger partial charge in [0.1, 0.15) is 24.4 Å². The fourth-order valence-electron chi connectivity index (χ4n) is 1.80. The molecule has 0 atom stereocenters. The zero-order valence-corrected chi connectivity index (χ0v) is 10.1. The fraction of sp³-hybridized carbons (Fsp3) is 0.333. The summed E-state index contributed by atoms with van der Waals surface area (Å²) < 4.78 is 42.7. The van der Waals surface area contributed by atoms with E-state index in [9.17, 15) is 18.0 Å². The van der Waals surface area contributed by atoms with E-state index in [1.54, 1.807) is 23.9 Å². The lowest BCUT2D eigenvalue weighted by atomic mass is 10.1. The Morgan fingerprint density at radius 2 is 2.21 bits per heavy atom. The lowest BCUT2D eigenvalue weighted by Gasteiger charge is -2.06. The van der Waals surface area contributed by atoms with Crippen LogP contribution in [-0.4, -0.2) is 18.6 Å². The lowest BCUT2D eigenvalue weighted by molar-refractivity contribution is -0.657. The van der Waals surface area contributed by atoms with Gasteiger partial charge in [-0.3, -0.25) is 4.79 Å². The standard InChI is InChI=1S/C12H11F3N2O2/c1-17-6-8(9-7-19-5-2-10(9)17)11(18)16-4-3-12(13,14)15/h2,5-7H,3-4H2,1H3/p+1. The first-order valence-electron chi connectivity index (χ1n) is 5.58. The maximum Gasteiger partial charge on any atom is 0.390 e. The van der Waals surface area contributed by atoms with Gasteiger partial charge in [-0.05, 0) is 0 Å². The van der Waals surface area contributed by atoms with Gasteiger partial charge >= 0.3 is 6.18 Å². The van der Waals surface area contributed by atoms with Crippen molar-refractivity contribution in [2.45, 2.75) is 12.6 Å². The van der Waals surface area contributed by atoms with Crippen LogP contribution in [0.5, 0.6) is 0 Å². The molecule has 0 fully saturated rings. The van der Waals surface area contributed by atoms with E-state index in [2.05, 4.69) is 5.32 Å². The highest BCUT2D eigenvalue weighted by atomic mass is 19.4. The molecule has 0 radical (unpaired) electrons. The summed E-state index contributed by atoms with van der Waals surface area (Å²) in [6.07, 6.45) is -0.903. The summed E-state index contributed by atoms with van der Waals surface area (Å²) in [5.74, 6) is -0.545. The molecule has 2 rings (SSSR count). The van der Waals surface area contributed by atoms with Crippen molar-refractivity contribution in [3.63, 3.8) is 0 Å². The second kappa shape index (κ2) is 4.91. The quantitative estimate of drug-likeness (QED) is 0.868. The summed E-state index contributed by atoms with van der Waals surface area (Å²) in [6.45, 7) is -0.442. The van der Waals surface area contributed by atoms with Gasteiger partial charge in [0.2, 0.25) is 5.69 Å². The number of nitrogens with zero attached hydrogens (tertiary/aromatic N) is 1. The third-order valence-electron chi connectivity index (χ3n) is 2.70. The maximum absolute atomic E-state index is 12.0. The largest absolute Gasteiger partial charge is 0.471 e. The van der Waals surface area contributed by atoms with Crippen molar-refractivity contribution in [2.75, 3.05) is 6.54 Å². The molecule has 1 N–H and O–H groups in total. The number of hydrogen-bond donors (Lipinski definition) is 1. The second-order valence-electron chi connectivity index (χ2n) is 4.13. The minimum absolute atomic E-state index is 0.295. The first-order valence-corrected chi connectivity index (χ1v) is 5.58. The topological polar surface area (TPSA) is 46.1 Å². The summed E-state index contributed by atoms with van der Waals surface area (Å²) in [5.41, 5.74) is 1.63. The van der Waals surface area contributed by atoms with Crippen LogP contribution in [0.1, 0.15) is 16.8 Å². The molecule has 2 aliphatic rings. The molecule has 0 saturated carbocycles. The Labute approximate surface area is 107 Å². The monoisotopic (exact) mass is 273 g/mol. The number of fused-ring (bicyclic) bond motifs is 1. The van der Waals surface area contributed by atoms with E-state index < -0.39 is 25.0 Å². The molecule has 102 valence electrons. The van der Waals surface area contributed by atoms with Crippen LogP contribution in [0.3, 0.4) is 0 Å². The Balaban J connectivity index is 2.10. The van der Waals surface area contributed by atoms with Gasteiger partial charge < -0.3 is 9.73 Å². The number of aromatic nitrogens is 1. The molecule has 0 aliphatic carbocycles. The van der Waals surface area contributed by atoms with Crippen LogP contribution < -0.4 is 9.88 Å². The van der Waals surface area contributed by atoms with Crippen LogP contribution >= 0.6 is 0 Å². The van der Waals surface area contributed by atoms with Crippen molar-refractivity contribution in [3.8, 4) is 11.3 Å². The Hall–Kier alpha value is -2.05. The molecular formula is C12H12F3N2O2+. The number of alkyl halides is 3. The minimum atomic E-state index is -4.28. The van der Waals surface area contributed by atoms with Crippen LogP contribution in [0.2, 0.25) is 0 Å². The molecule has 7 heteroatoms. The van der Waals surface area contributed by atoms with Gasteiger partial charge in [-0.25, -0.2) is 0 Å². The SMILES string of the molecule is C[n+]1cc(C(=O)NCCC(F)(F)F)c2coccc1-2. The predicted octanol–water partition coefficient (Wildman–Crippen LogP) is 1.89. The van der Waals surface area contributed by atoms with Gasteiger partial charge in [0.05, 0.1) is 12.7 Å². The highest BCUT2D eigenvalue weighted by Crippen LogP contribution is 2.23. The average molecular weight is 273 g/mol. The predicted molar refractivity (Wildman–Crippen MR) is 59.5 cm³/mol. The fourth-order valence-corrected chi connectivity index (χ4v) is 1.80. The average Bonchev–Trinajstić information content (AvgIpc) is 2.66. The zero-order chi connectivity index (χ0) is 14.0. The van der Waals surface area contributed by atoms with E-state index >= 15 is 0 Å². The number of nitrogens with one attached hydrogen (secondary N) is 1. The van der Waals surface area contributed by atoms with Crippen molar-refractivity contribution in [1.82, 2.24) is 5.32 Å². The summed E-state index contributed by atoms with van der Waals surface area (Å²) in [5, 5.41) is 2.25. The number of carbonyl (C=O) groups is 1. The normalized spacial score (nSPS) is 11.8. The van der Waals surface area contributed by atoms with Crippen LogP contribution in [0, 0.1) is 0 Å². The minimum Gasteiger partial charge on any atom is -0.471 e. The first-order chi connectivity index (χ1) is 8.88. The number of amides is 1. The van der Waals surface area contributed by atoms with E-state index in [-0.39, 0.29) is 0 Å². The summed E-state index contributed by atoms with van der Waals surface area (Å²) in [6, 6.07) is 1.68. The van der Waals surface area contributed by atoms with Crippen molar-refractivity contribution in [1.29, 1.82) is 0 Å². The second-order valence-corrected chi connectivity index (χ2v) is 4.13. The highest BCUT2D eigenvalue weighted by Gasteiger charge is 2.29. The molecule has 0 unspecified atom stereocenters. The summed E-state index contributed by atoms with van der Waals surface area (Å²) in [4.78, 5) is 11.8. The molecule has 0 spiro atoms. The van der Waals surface area contributed by atoms with Gasteiger partial charge in [-0.2, -0.15) is 17.7 Å². The van der Waals surface area contributed by atoms with Gasteiger partial charge in [-0.1, -0.05) is 0 Å². The highest BCUT2D eigenvalue weighted by molar-refractivity contribution is 5.99. The molecule has 2 heterocycles. The van der Waals surface area contributed by atoms with E-state index in [1.165, 1.54) is 12.5 Å². The number of aryl methyl sites for hydroxylation is 1. The number of carbonyl (C=O) groups excluding carboxylic acids is 1. The molecule has 0 bridgehead atoms. The molecule has 0 aromatic carbocycles. The van der Waals surface area contributed by atoms with Gasteiger partial charge in [0.25, 0.3) is 5.91 Å². The Morgan fingerprint density at radius 3 is 2.89 bits per heavy atom. The molecule has 1 amide bonds. The summed E-state index contributed by atoms with van der Waals surface area (Å²) in [7, 11) is 1.74. The smallest absolute Gasteiger partial charge is 0.390 e. The van der Waals surface area contributed by atoms with Crippen molar-refractivity contribution >= 4 is 5.91 Å². The summed E-state index contributed by atoms with van der Waals surface area (Å²) >= 11 is 0. The van der Waals surface area contributed by atoms with Gasteiger partial charge in [-0.15, -0.1) is 0 Å². The van der Waals surface area contributed by atoms with Gasteiger partial charge in [0, 0.05) is 12.6 Å². The van der Waals surface area contributed by atoms with E-state index in [0.717, 1.165) is 5.69 Å². The first kappa shape index (κ1) is 13.4.